The Bertz CT molecular complexity index is 1130. The van der Waals surface area contributed by atoms with Gasteiger partial charge in [0.2, 0.25) is 0 Å². The smallest absolute Gasteiger partial charge is 0.258 e. The van der Waals surface area contributed by atoms with Crippen molar-refractivity contribution in [3.05, 3.63) is 81.5 Å². The molecule has 4 rings (SSSR count). The second-order valence-electron chi connectivity index (χ2n) is 5.83. The zero-order valence-electron chi connectivity index (χ0n) is 13.4. The summed E-state index contributed by atoms with van der Waals surface area (Å²) in [5.74, 6) is 0. The Morgan fingerprint density at radius 1 is 1.12 bits per heavy atom. The van der Waals surface area contributed by atoms with Crippen LogP contribution in [-0.2, 0) is 6.54 Å². The highest BCUT2D eigenvalue weighted by Crippen LogP contribution is 2.20. The lowest BCUT2D eigenvalue weighted by Crippen LogP contribution is -2.17. The first kappa shape index (κ1) is 15.5. The fraction of sp³-hybridized carbons (Fsp3) is 0.111. The van der Waals surface area contributed by atoms with E-state index in [1.807, 2.05) is 49.5 Å². The first-order valence-electron chi connectivity index (χ1n) is 7.73. The lowest BCUT2D eigenvalue weighted by Gasteiger charge is -2.04. The van der Waals surface area contributed by atoms with Crippen molar-refractivity contribution >= 4 is 17.2 Å². The molecule has 0 fully saturated rings. The van der Waals surface area contributed by atoms with E-state index in [0.29, 0.717) is 22.9 Å². The maximum absolute atomic E-state index is 12.3. The monoisotopic (exact) mass is 351 g/mol. The van der Waals surface area contributed by atoms with Gasteiger partial charge in [-0.25, -0.2) is 9.67 Å². The Morgan fingerprint density at radius 3 is 2.84 bits per heavy atom. The summed E-state index contributed by atoms with van der Waals surface area (Å²) in [6.07, 6.45) is 3.59. The van der Waals surface area contributed by atoms with E-state index in [0.717, 1.165) is 16.8 Å². The number of aryl methyl sites for hydroxylation is 1. The molecule has 25 heavy (non-hydrogen) atoms. The third-order valence-electron chi connectivity index (χ3n) is 3.84. The first-order valence-corrected chi connectivity index (χ1v) is 8.11. The van der Waals surface area contributed by atoms with Crippen LogP contribution in [0.15, 0.2) is 59.7 Å². The van der Waals surface area contributed by atoms with Gasteiger partial charge in [0.1, 0.15) is 11.3 Å². The third-order valence-corrected chi connectivity index (χ3v) is 4.08. The predicted molar refractivity (Wildman–Crippen MR) is 95.8 cm³/mol. The van der Waals surface area contributed by atoms with E-state index in [2.05, 4.69) is 15.3 Å². The molecule has 0 radical (unpaired) electrons. The number of aromatic nitrogens is 5. The lowest BCUT2D eigenvalue weighted by molar-refractivity contribution is 0.637. The summed E-state index contributed by atoms with van der Waals surface area (Å²) in [5.41, 5.74) is 3.75. The first-order chi connectivity index (χ1) is 12.1. The van der Waals surface area contributed by atoms with E-state index in [1.165, 1.54) is 10.5 Å². The van der Waals surface area contributed by atoms with Gasteiger partial charge in [-0.05, 0) is 30.7 Å². The van der Waals surface area contributed by atoms with E-state index < -0.39 is 0 Å². The molecular formula is C18H14ClN5O. The number of nitrogens with zero attached hydrogens (tertiary/aromatic N) is 5. The summed E-state index contributed by atoms with van der Waals surface area (Å²) in [6.45, 7) is 2.31. The van der Waals surface area contributed by atoms with Crippen LogP contribution in [0.1, 0.15) is 11.3 Å². The minimum Gasteiger partial charge on any atom is -0.269 e. The normalized spacial score (nSPS) is 11.1. The Balaban J connectivity index is 1.66. The van der Waals surface area contributed by atoms with Crippen molar-refractivity contribution in [1.29, 1.82) is 0 Å². The minimum atomic E-state index is -0.112. The van der Waals surface area contributed by atoms with Gasteiger partial charge in [-0.3, -0.25) is 9.20 Å². The summed E-state index contributed by atoms with van der Waals surface area (Å²) < 4.78 is 3.19. The van der Waals surface area contributed by atoms with E-state index in [4.69, 9.17) is 11.6 Å². The summed E-state index contributed by atoms with van der Waals surface area (Å²) in [4.78, 5) is 16.8. The van der Waals surface area contributed by atoms with Crippen LogP contribution >= 0.6 is 11.6 Å². The Kier molecular flexibility index (Phi) is 3.82. The van der Waals surface area contributed by atoms with Gasteiger partial charge >= 0.3 is 0 Å². The molecule has 0 aliphatic carbocycles. The highest BCUT2D eigenvalue weighted by molar-refractivity contribution is 6.30. The highest BCUT2D eigenvalue weighted by Gasteiger charge is 2.07. The largest absolute Gasteiger partial charge is 0.269 e. The van der Waals surface area contributed by atoms with Crippen LogP contribution in [-0.4, -0.2) is 24.4 Å². The number of benzene rings is 1. The van der Waals surface area contributed by atoms with E-state index in [-0.39, 0.29) is 5.56 Å². The molecule has 0 spiro atoms. The summed E-state index contributed by atoms with van der Waals surface area (Å²) in [7, 11) is 0. The molecule has 124 valence electrons. The maximum Gasteiger partial charge on any atom is 0.258 e. The molecule has 1 aromatic carbocycles. The number of hydrogen-bond acceptors (Lipinski definition) is 4. The second-order valence-corrected chi connectivity index (χ2v) is 6.27. The van der Waals surface area contributed by atoms with Crippen LogP contribution in [0.25, 0.3) is 16.9 Å². The molecule has 3 heterocycles. The van der Waals surface area contributed by atoms with Gasteiger partial charge in [0, 0.05) is 22.8 Å². The molecule has 0 saturated heterocycles. The Morgan fingerprint density at radius 2 is 2.00 bits per heavy atom. The molecule has 7 heteroatoms. The average Bonchev–Trinajstić information content (AvgIpc) is 3.04. The van der Waals surface area contributed by atoms with Gasteiger partial charge in [-0.15, -0.1) is 5.10 Å². The number of pyridine rings is 1. The van der Waals surface area contributed by atoms with Crippen molar-refractivity contribution in [1.82, 2.24) is 24.4 Å². The Hall–Kier alpha value is -2.99. The molecule has 4 aromatic rings. The number of fused-ring (bicyclic) bond motifs is 1. The van der Waals surface area contributed by atoms with E-state index >= 15 is 0 Å². The van der Waals surface area contributed by atoms with Gasteiger partial charge in [0.25, 0.3) is 5.56 Å². The van der Waals surface area contributed by atoms with Crippen molar-refractivity contribution in [3.8, 4) is 11.3 Å². The highest BCUT2D eigenvalue weighted by atomic mass is 35.5. The van der Waals surface area contributed by atoms with E-state index in [1.54, 1.807) is 10.9 Å². The number of hydrogen-bond donors (Lipinski definition) is 0. The molecule has 6 nitrogen and oxygen atoms in total. The molecular weight excluding hydrogens is 338 g/mol. The van der Waals surface area contributed by atoms with Crippen molar-refractivity contribution in [2.45, 2.75) is 13.5 Å². The molecule has 0 saturated carbocycles. The maximum atomic E-state index is 12.3. The van der Waals surface area contributed by atoms with Crippen molar-refractivity contribution in [2.75, 3.05) is 0 Å². The van der Waals surface area contributed by atoms with Crippen LogP contribution in [0, 0.1) is 6.92 Å². The quantitative estimate of drug-likeness (QED) is 0.569. The zero-order valence-corrected chi connectivity index (χ0v) is 14.2. The van der Waals surface area contributed by atoms with Gasteiger partial charge in [0.15, 0.2) is 0 Å². The molecule has 0 amide bonds. The zero-order chi connectivity index (χ0) is 17.4. The summed E-state index contributed by atoms with van der Waals surface area (Å²) >= 11 is 6.01. The van der Waals surface area contributed by atoms with Gasteiger partial charge < -0.3 is 0 Å². The molecule has 0 aliphatic heterocycles. The summed E-state index contributed by atoms with van der Waals surface area (Å²) in [5, 5.41) is 8.92. The second kappa shape index (κ2) is 6.14. The van der Waals surface area contributed by atoms with Crippen molar-refractivity contribution in [3.63, 3.8) is 0 Å². The average molecular weight is 352 g/mol. The fourth-order valence-electron chi connectivity index (χ4n) is 2.66. The van der Waals surface area contributed by atoms with Crippen LogP contribution in [0.5, 0.6) is 0 Å². The fourth-order valence-corrected chi connectivity index (χ4v) is 2.85. The summed E-state index contributed by atoms with van der Waals surface area (Å²) in [6, 6.07) is 12.7. The number of rotatable bonds is 3. The Labute approximate surface area is 148 Å². The molecule has 3 aromatic heterocycles. The van der Waals surface area contributed by atoms with Crippen molar-refractivity contribution in [2.24, 2.45) is 0 Å². The third kappa shape index (κ3) is 3.16. The molecule has 0 N–H and O–H groups in total. The molecule has 0 atom stereocenters. The van der Waals surface area contributed by atoms with Crippen LogP contribution < -0.4 is 5.56 Å². The SMILES string of the molecule is Cc1ccc2nc(Cn3cc(-c4cccc(Cl)c4)nn3)cc(=O)n2c1. The van der Waals surface area contributed by atoms with Gasteiger partial charge in [-0.1, -0.05) is 35.0 Å². The van der Waals surface area contributed by atoms with Crippen molar-refractivity contribution < 1.29 is 0 Å². The molecule has 0 unspecified atom stereocenters. The topological polar surface area (TPSA) is 65.1 Å². The molecule has 0 aliphatic rings. The number of halogens is 1. The minimum absolute atomic E-state index is 0.112. The van der Waals surface area contributed by atoms with Gasteiger partial charge in [0.05, 0.1) is 18.4 Å². The lowest BCUT2D eigenvalue weighted by atomic mass is 10.2. The van der Waals surface area contributed by atoms with Gasteiger partial charge in [-0.2, -0.15) is 0 Å². The molecule has 0 bridgehead atoms. The van der Waals surface area contributed by atoms with E-state index in [9.17, 15) is 4.79 Å². The van der Waals surface area contributed by atoms with Crippen LogP contribution in [0.3, 0.4) is 0 Å². The van der Waals surface area contributed by atoms with Crippen LogP contribution in [0.2, 0.25) is 5.02 Å². The van der Waals surface area contributed by atoms with Crippen LogP contribution in [0.4, 0.5) is 0 Å². The standard InChI is InChI=1S/C18H14ClN5O/c1-12-5-6-17-20-15(8-18(25)24(17)9-12)10-23-11-16(21-22-23)13-3-2-4-14(19)7-13/h2-9,11H,10H2,1H3. The predicted octanol–water partition coefficient (Wildman–Crippen LogP) is 2.96.